The van der Waals surface area contributed by atoms with Crippen molar-refractivity contribution in [2.24, 2.45) is 0 Å². The van der Waals surface area contributed by atoms with Crippen LogP contribution in [0.2, 0.25) is 0 Å². The third kappa shape index (κ3) is 7.61. The van der Waals surface area contributed by atoms with Crippen LogP contribution in [0.15, 0.2) is 78.9 Å². The first-order valence-corrected chi connectivity index (χ1v) is 13.7. The zero-order chi connectivity index (χ0) is 25.5. The second-order valence-electron chi connectivity index (χ2n) is 9.53. The molecule has 0 unspecified atom stereocenters. The van der Waals surface area contributed by atoms with Crippen molar-refractivity contribution in [1.29, 1.82) is 0 Å². The summed E-state index contributed by atoms with van der Waals surface area (Å²) in [4.78, 5) is 0. The number of rotatable bonds is 17. The van der Waals surface area contributed by atoms with Crippen molar-refractivity contribution in [3.8, 4) is 11.5 Å². The fourth-order valence-electron chi connectivity index (χ4n) is 4.89. The van der Waals surface area contributed by atoms with Crippen LogP contribution in [0.25, 0.3) is 0 Å². The van der Waals surface area contributed by atoms with Gasteiger partial charge in [0, 0.05) is 6.61 Å². The van der Waals surface area contributed by atoms with Gasteiger partial charge >= 0.3 is 0 Å². The normalized spacial score (nSPS) is 11.4. The van der Waals surface area contributed by atoms with Crippen LogP contribution in [-0.2, 0) is 10.3 Å². The highest BCUT2D eigenvalue weighted by atomic mass is 16.5. The Kier molecular flexibility index (Phi) is 11.9. The van der Waals surface area contributed by atoms with Gasteiger partial charge in [-0.2, -0.15) is 0 Å². The molecular weight excluding hydrogens is 444 g/mol. The van der Waals surface area contributed by atoms with Gasteiger partial charge < -0.3 is 14.2 Å². The summed E-state index contributed by atoms with van der Waals surface area (Å²) in [5.41, 5.74) is 2.59. The van der Waals surface area contributed by atoms with E-state index in [1.807, 2.05) is 24.3 Å². The van der Waals surface area contributed by atoms with E-state index in [1.54, 1.807) is 14.2 Å². The van der Waals surface area contributed by atoms with Crippen LogP contribution in [0.5, 0.6) is 11.5 Å². The Hall–Kier alpha value is -2.78. The summed E-state index contributed by atoms with van der Waals surface area (Å²) in [6.07, 6.45) is 13.1. The third-order valence-electron chi connectivity index (χ3n) is 6.99. The highest BCUT2D eigenvalue weighted by Gasteiger charge is 2.37. The summed E-state index contributed by atoms with van der Waals surface area (Å²) in [5, 5.41) is 0. The number of benzene rings is 3. The molecule has 0 atom stereocenters. The molecule has 3 heteroatoms. The fraction of sp³-hybridized carbons (Fsp3) is 0.455. The average molecular weight is 489 g/mol. The summed E-state index contributed by atoms with van der Waals surface area (Å²) in [5.74, 6) is 1.68. The fourth-order valence-corrected chi connectivity index (χ4v) is 4.89. The minimum atomic E-state index is -0.709. The SMILES string of the molecule is CCCCCCCCCCCCOC(c1ccccc1)(c1ccc(OC)cc1)c1ccc(OC)cc1. The van der Waals surface area contributed by atoms with E-state index in [-0.39, 0.29) is 0 Å². The number of hydrogen-bond donors (Lipinski definition) is 0. The van der Waals surface area contributed by atoms with Crippen molar-refractivity contribution >= 4 is 0 Å². The van der Waals surface area contributed by atoms with Gasteiger partial charge in [-0.25, -0.2) is 0 Å². The quantitative estimate of drug-likeness (QED) is 0.140. The topological polar surface area (TPSA) is 27.7 Å². The number of hydrogen-bond acceptors (Lipinski definition) is 3. The Bertz CT molecular complexity index is 917. The molecule has 0 radical (unpaired) electrons. The van der Waals surface area contributed by atoms with Crippen LogP contribution >= 0.6 is 0 Å². The van der Waals surface area contributed by atoms with E-state index in [0.29, 0.717) is 6.61 Å². The lowest BCUT2D eigenvalue weighted by molar-refractivity contribution is 0.0106. The summed E-state index contributed by atoms with van der Waals surface area (Å²) in [7, 11) is 3.40. The van der Waals surface area contributed by atoms with Crippen LogP contribution < -0.4 is 9.47 Å². The maximum absolute atomic E-state index is 6.93. The van der Waals surface area contributed by atoms with E-state index in [9.17, 15) is 0 Å². The first kappa shape index (κ1) is 27.8. The zero-order valence-corrected chi connectivity index (χ0v) is 22.5. The molecule has 3 nitrogen and oxygen atoms in total. The van der Waals surface area contributed by atoms with Gasteiger partial charge in [-0.1, -0.05) is 119 Å². The lowest BCUT2D eigenvalue weighted by Gasteiger charge is -2.36. The Morgan fingerprint density at radius 3 is 1.36 bits per heavy atom. The zero-order valence-electron chi connectivity index (χ0n) is 22.5. The maximum atomic E-state index is 6.93. The van der Waals surface area contributed by atoms with Crippen LogP contribution in [0.3, 0.4) is 0 Å². The van der Waals surface area contributed by atoms with Gasteiger partial charge in [0.1, 0.15) is 17.1 Å². The Morgan fingerprint density at radius 2 is 0.917 bits per heavy atom. The molecule has 3 aromatic carbocycles. The summed E-state index contributed by atoms with van der Waals surface area (Å²) in [6.45, 7) is 2.97. The number of ether oxygens (including phenoxy) is 3. The Balaban J connectivity index is 1.75. The average Bonchev–Trinajstić information content (AvgIpc) is 2.94. The third-order valence-corrected chi connectivity index (χ3v) is 6.99. The van der Waals surface area contributed by atoms with Crippen LogP contribution in [0, 0.1) is 0 Å². The van der Waals surface area contributed by atoms with Crippen LogP contribution in [-0.4, -0.2) is 20.8 Å². The predicted molar refractivity (Wildman–Crippen MR) is 150 cm³/mol. The van der Waals surface area contributed by atoms with Crippen LogP contribution in [0.1, 0.15) is 87.8 Å². The van der Waals surface area contributed by atoms with Crippen molar-refractivity contribution in [2.75, 3.05) is 20.8 Å². The molecule has 3 aromatic rings. The molecule has 36 heavy (non-hydrogen) atoms. The molecule has 0 amide bonds. The highest BCUT2D eigenvalue weighted by molar-refractivity contribution is 5.49. The molecule has 0 aliphatic rings. The standard InChI is InChI=1S/C33H44O3/c1-4-5-6-7-8-9-10-11-12-16-27-36-33(28-17-14-13-15-18-28,29-19-23-31(34-2)24-20-29)30-21-25-32(35-3)26-22-30/h13-15,17-26H,4-12,16,27H2,1-3H3. The van der Waals surface area contributed by atoms with Gasteiger partial charge in [0.15, 0.2) is 0 Å². The molecule has 0 spiro atoms. The molecule has 194 valence electrons. The molecule has 0 bridgehead atoms. The van der Waals surface area contributed by atoms with E-state index in [0.717, 1.165) is 34.6 Å². The van der Waals surface area contributed by atoms with Crippen LogP contribution in [0.4, 0.5) is 0 Å². The number of methoxy groups -OCH3 is 2. The van der Waals surface area contributed by atoms with Gasteiger partial charge in [-0.3, -0.25) is 0 Å². The molecule has 0 aliphatic heterocycles. The Labute approximate surface area is 218 Å². The largest absolute Gasteiger partial charge is 0.497 e. The molecular formula is C33H44O3. The Morgan fingerprint density at radius 1 is 0.500 bits per heavy atom. The predicted octanol–water partition coefficient (Wildman–Crippen LogP) is 8.93. The van der Waals surface area contributed by atoms with Gasteiger partial charge in [0.05, 0.1) is 14.2 Å². The molecule has 3 rings (SSSR count). The smallest absolute Gasteiger partial charge is 0.143 e. The molecule has 0 aliphatic carbocycles. The number of unbranched alkanes of at least 4 members (excludes halogenated alkanes) is 9. The molecule has 0 aromatic heterocycles. The van der Waals surface area contributed by atoms with E-state index in [2.05, 4.69) is 61.5 Å². The summed E-state index contributed by atoms with van der Waals surface area (Å²) in [6, 6.07) is 27.1. The minimum absolute atomic E-state index is 0.698. The minimum Gasteiger partial charge on any atom is -0.497 e. The van der Waals surface area contributed by atoms with Crippen molar-refractivity contribution in [2.45, 2.75) is 76.7 Å². The molecule has 0 heterocycles. The van der Waals surface area contributed by atoms with Crippen molar-refractivity contribution in [3.05, 3.63) is 95.6 Å². The maximum Gasteiger partial charge on any atom is 0.143 e. The van der Waals surface area contributed by atoms with Gasteiger partial charge in [-0.15, -0.1) is 0 Å². The highest BCUT2D eigenvalue weighted by Crippen LogP contribution is 2.41. The van der Waals surface area contributed by atoms with Crippen molar-refractivity contribution in [3.63, 3.8) is 0 Å². The summed E-state index contributed by atoms with van der Waals surface area (Å²) >= 11 is 0. The second-order valence-corrected chi connectivity index (χ2v) is 9.53. The van der Waals surface area contributed by atoms with Gasteiger partial charge in [-0.05, 0) is 47.4 Å². The van der Waals surface area contributed by atoms with E-state index in [4.69, 9.17) is 14.2 Å². The second kappa shape index (κ2) is 15.4. The summed E-state index contributed by atoms with van der Waals surface area (Å²) < 4.78 is 17.8. The van der Waals surface area contributed by atoms with E-state index >= 15 is 0 Å². The van der Waals surface area contributed by atoms with Crippen molar-refractivity contribution in [1.82, 2.24) is 0 Å². The lowest BCUT2D eigenvalue weighted by atomic mass is 9.80. The molecule has 0 N–H and O–H groups in total. The molecule has 0 fully saturated rings. The van der Waals surface area contributed by atoms with E-state index in [1.165, 1.54) is 57.8 Å². The first-order chi connectivity index (χ1) is 17.7. The van der Waals surface area contributed by atoms with E-state index < -0.39 is 5.60 Å². The molecule has 0 saturated carbocycles. The first-order valence-electron chi connectivity index (χ1n) is 13.7. The van der Waals surface area contributed by atoms with Crippen molar-refractivity contribution < 1.29 is 14.2 Å². The van der Waals surface area contributed by atoms with Gasteiger partial charge in [0.25, 0.3) is 0 Å². The lowest BCUT2D eigenvalue weighted by Crippen LogP contribution is -2.33. The monoisotopic (exact) mass is 488 g/mol. The molecule has 0 saturated heterocycles. The van der Waals surface area contributed by atoms with Gasteiger partial charge in [0.2, 0.25) is 0 Å².